The first-order chi connectivity index (χ1) is 7.88. The molecule has 1 aliphatic carbocycles. The molecule has 0 aromatic carbocycles. The lowest BCUT2D eigenvalue weighted by Gasteiger charge is -2.30. The van der Waals surface area contributed by atoms with E-state index in [1.807, 2.05) is 13.8 Å². The van der Waals surface area contributed by atoms with Gasteiger partial charge in [-0.2, -0.15) is 0 Å². The van der Waals surface area contributed by atoms with Crippen LogP contribution in [0, 0.1) is 11.8 Å². The molecule has 0 aromatic rings. The molecule has 2 unspecified atom stereocenters. The fourth-order valence-corrected chi connectivity index (χ4v) is 2.68. The maximum Gasteiger partial charge on any atom is 0.204 e. The standard InChI is InChI=1S/C10H19N.C2H6.CH3NO/c1-2-4-9-6-7-11-8-10(9)5-3-1;1-2;2-1-3/h9-11H,1-8H2;1-2H3;1H,(H2,2,3). The van der Waals surface area contributed by atoms with Gasteiger partial charge in [0.05, 0.1) is 0 Å². The second-order valence-electron chi connectivity index (χ2n) is 4.29. The van der Waals surface area contributed by atoms with Gasteiger partial charge in [-0.25, -0.2) is 0 Å². The molecule has 2 rings (SSSR count). The Kier molecular flexibility index (Phi) is 10.5. The van der Waals surface area contributed by atoms with Crippen LogP contribution in [0.4, 0.5) is 0 Å². The van der Waals surface area contributed by atoms with Gasteiger partial charge in [-0.15, -0.1) is 0 Å². The third-order valence-electron chi connectivity index (χ3n) is 3.41. The number of nitrogens with one attached hydrogen (secondary N) is 1. The number of hydrogen-bond donors (Lipinski definition) is 2. The molecule has 1 aliphatic heterocycles. The van der Waals surface area contributed by atoms with Crippen LogP contribution in [0.15, 0.2) is 0 Å². The summed E-state index contributed by atoms with van der Waals surface area (Å²) in [5, 5.41) is 3.51. The molecule has 2 aliphatic rings. The zero-order chi connectivity index (χ0) is 12.2. The molecule has 1 saturated heterocycles. The third-order valence-corrected chi connectivity index (χ3v) is 3.41. The Bertz CT molecular complexity index is 148. The van der Waals surface area contributed by atoms with Gasteiger partial charge < -0.3 is 11.1 Å². The van der Waals surface area contributed by atoms with E-state index in [0.717, 1.165) is 11.8 Å². The van der Waals surface area contributed by atoms with Crippen LogP contribution < -0.4 is 11.1 Å². The Morgan fingerprint density at radius 1 is 1.06 bits per heavy atom. The van der Waals surface area contributed by atoms with E-state index in [4.69, 9.17) is 4.79 Å². The van der Waals surface area contributed by atoms with E-state index < -0.39 is 0 Å². The normalized spacial score (nSPS) is 28.1. The average molecular weight is 228 g/mol. The summed E-state index contributed by atoms with van der Waals surface area (Å²) in [6.07, 6.45) is 9.20. The summed E-state index contributed by atoms with van der Waals surface area (Å²) in [4.78, 5) is 8.58. The lowest BCUT2D eigenvalue weighted by Crippen LogP contribution is -2.35. The summed E-state index contributed by atoms with van der Waals surface area (Å²) in [5.74, 6) is 2.12. The summed E-state index contributed by atoms with van der Waals surface area (Å²) in [6, 6.07) is 0. The van der Waals surface area contributed by atoms with Crippen molar-refractivity contribution in [1.82, 2.24) is 5.32 Å². The number of primary amides is 1. The van der Waals surface area contributed by atoms with Crippen molar-refractivity contribution in [1.29, 1.82) is 0 Å². The molecular formula is C13H28N2O. The average Bonchev–Trinajstić information content (AvgIpc) is 2.57. The van der Waals surface area contributed by atoms with Crippen LogP contribution in [0.5, 0.6) is 0 Å². The zero-order valence-electron chi connectivity index (χ0n) is 10.9. The third kappa shape index (κ3) is 6.11. The number of hydrogen-bond acceptors (Lipinski definition) is 2. The molecule has 1 saturated carbocycles. The highest BCUT2D eigenvalue weighted by Gasteiger charge is 2.25. The summed E-state index contributed by atoms with van der Waals surface area (Å²) >= 11 is 0. The van der Waals surface area contributed by atoms with Crippen LogP contribution >= 0.6 is 0 Å². The highest BCUT2D eigenvalue weighted by molar-refractivity contribution is 5.42. The number of carbonyl (C=O) groups excluding carboxylic acids is 1. The molecule has 0 aromatic heterocycles. The van der Waals surface area contributed by atoms with Crippen molar-refractivity contribution < 1.29 is 4.79 Å². The highest BCUT2D eigenvalue weighted by atomic mass is 16.1. The van der Waals surface area contributed by atoms with Gasteiger partial charge in [0.1, 0.15) is 0 Å². The molecule has 2 atom stereocenters. The van der Waals surface area contributed by atoms with Gasteiger partial charge in [0.2, 0.25) is 6.41 Å². The van der Waals surface area contributed by atoms with Crippen LogP contribution in [0.25, 0.3) is 0 Å². The Labute approximate surface area is 100 Å². The molecule has 0 radical (unpaired) electrons. The molecule has 1 amide bonds. The number of rotatable bonds is 0. The van der Waals surface area contributed by atoms with Crippen molar-refractivity contribution in [3.63, 3.8) is 0 Å². The van der Waals surface area contributed by atoms with Crippen LogP contribution in [-0.2, 0) is 4.79 Å². The maximum atomic E-state index is 8.58. The van der Waals surface area contributed by atoms with E-state index in [0.29, 0.717) is 0 Å². The first kappa shape index (κ1) is 15.4. The SMILES string of the molecule is C1CCC2CCNCC2CC1.CC.NC=O. The summed E-state index contributed by atoms with van der Waals surface area (Å²) < 4.78 is 0. The topological polar surface area (TPSA) is 55.1 Å². The molecule has 96 valence electrons. The van der Waals surface area contributed by atoms with Gasteiger partial charge in [-0.1, -0.05) is 39.5 Å². The first-order valence-electron chi connectivity index (χ1n) is 6.74. The van der Waals surface area contributed by atoms with Crippen LogP contribution in [-0.4, -0.2) is 19.5 Å². The van der Waals surface area contributed by atoms with Crippen molar-refractivity contribution in [3.8, 4) is 0 Å². The quantitative estimate of drug-likeness (QED) is 0.625. The highest BCUT2D eigenvalue weighted by Crippen LogP contribution is 2.32. The summed E-state index contributed by atoms with van der Waals surface area (Å²) in [6.45, 7) is 6.59. The van der Waals surface area contributed by atoms with Crippen molar-refractivity contribution in [3.05, 3.63) is 0 Å². The number of piperidine rings is 1. The minimum atomic E-state index is 0.250. The number of fused-ring (bicyclic) bond motifs is 1. The maximum absolute atomic E-state index is 8.58. The van der Waals surface area contributed by atoms with Crippen LogP contribution in [0.1, 0.15) is 52.4 Å². The van der Waals surface area contributed by atoms with Gasteiger partial charge in [-0.3, -0.25) is 4.79 Å². The van der Waals surface area contributed by atoms with Gasteiger partial charge >= 0.3 is 0 Å². The van der Waals surface area contributed by atoms with E-state index in [-0.39, 0.29) is 6.41 Å². The molecule has 3 N–H and O–H groups in total. The Morgan fingerprint density at radius 2 is 1.62 bits per heavy atom. The largest absolute Gasteiger partial charge is 0.372 e. The molecule has 16 heavy (non-hydrogen) atoms. The fraction of sp³-hybridized carbons (Fsp3) is 0.923. The molecule has 2 fully saturated rings. The lowest BCUT2D eigenvalue weighted by atomic mass is 9.83. The van der Waals surface area contributed by atoms with E-state index in [2.05, 4.69) is 11.1 Å². The molecule has 3 nitrogen and oxygen atoms in total. The first-order valence-corrected chi connectivity index (χ1v) is 6.74. The van der Waals surface area contributed by atoms with Crippen LogP contribution in [0.2, 0.25) is 0 Å². The van der Waals surface area contributed by atoms with Crippen LogP contribution in [0.3, 0.4) is 0 Å². The lowest BCUT2D eigenvalue weighted by molar-refractivity contribution is -0.106. The monoisotopic (exact) mass is 228 g/mol. The van der Waals surface area contributed by atoms with Crippen molar-refractivity contribution in [2.45, 2.75) is 52.4 Å². The van der Waals surface area contributed by atoms with Gasteiger partial charge in [0, 0.05) is 0 Å². The Balaban J connectivity index is 0.000000394. The van der Waals surface area contributed by atoms with Crippen molar-refractivity contribution in [2.75, 3.05) is 13.1 Å². The zero-order valence-corrected chi connectivity index (χ0v) is 10.9. The Hall–Kier alpha value is -0.570. The minimum Gasteiger partial charge on any atom is -0.372 e. The van der Waals surface area contributed by atoms with E-state index >= 15 is 0 Å². The predicted molar refractivity (Wildman–Crippen MR) is 69.2 cm³/mol. The fourth-order valence-electron chi connectivity index (χ4n) is 2.68. The second-order valence-corrected chi connectivity index (χ2v) is 4.29. The predicted octanol–water partition coefficient (Wildman–Crippen LogP) is 2.30. The van der Waals surface area contributed by atoms with Gasteiger partial charge in [-0.05, 0) is 37.8 Å². The molecular weight excluding hydrogens is 200 g/mol. The molecule has 1 heterocycles. The van der Waals surface area contributed by atoms with Gasteiger partial charge in [0.15, 0.2) is 0 Å². The number of amides is 1. The Morgan fingerprint density at radius 3 is 2.25 bits per heavy atom. The number of nitrogens with two attached hydrogens (primary N) is 1. The van der Waals surface area contributed by atoms with E-state index in [9.17, 15) is 0 Å². The van der Waals surface area contributed by atoms with Gasteiger partial charge in [0.25, 0.3) is 0 Å². The van der Waals surface area contributed by atoms with E-state index in [1.165, 1.54) is 51.6 Å². The summed E-state index contributed by atoms with van der Waals surface area (Å²) in [7, 11) is 0. The molecule has 0 bridgehead atoms. The van der Waals surface area contributed by atoms with Crippen molar-refractivity contribution in [2.24, 2.45) is 17.6 Å². The minimum absolute atomic E-state index is 0.250. The smallest absolute Gasteiger partial charge is 0.204 e. The molecule has 0 spiro atoms. The second kappa shape index (κ2) is 10.9. The summed E-state index contributed by atoms with van der Waals surface area (Å²) in [5.41, 5.74) is 4.17. The van der Waals surface area contributed by atoms with Crippen molar-refractivity contribution >= 4 is 6.41 Å². The van der Waals surface area contributed by atoms with E-state index in [1.54, 1.807) is 0 Å². The molecule has 3 heteroatoms. The number of carbonyl (C=O) groups is 1.